The van der Waals surface area contributed by atoms with E-state index in [0.717, 1.165) is 0 Å². The first-order valence-corrected chi connectivity index (χ1v) is 11.2. The molecule has 1 unspecified atom stereocenters. The third-order valence-corrected chi connectivity index (χ3v) is 8.01. The maximum atomic E-state index is 12.7. The first-order valence-electron chi connectivity index (χ1n) is 9.58. The molecular weight excluding hydrogens is 469 g/mol. The number of pyridine rings is 1. The topological polar surface area (TPSA) is 140 Å². The fraction of sp³-hybridized carbons (Fsp3) is 0.421. The molecule has 2 aromatic rings. The Morgan fingerprint density at radius 3 is 2.36 bits per heavy atom. The van der Waals surface area contributed by atoms with Crippen molar-refractivity contribution in [3.8, 4) is 6.01 Å². The average Bonchev–Trinajstić information content (AvgIpc) is 3.02. The number of aromatic nitrogens is 3. The number of carbonyl (C=O) groups is 2. The second-order valence-corrected chi connectivity index (χ2v) is 9.87. The monoisotopic (exact) mass is 488 g/mol. The molecule has 0 aromatic carbocycles. The van der Waals surface area contributed by atoms with Gasteiger partial charge in [-0.25, -0.2) is 23.2 Å². The Hall–Kier alpha value is -3.29. The van der Waals surface area contributed by atoms with Gasteiger partial charge in [-0.1, -0.05) is 0 Å². The number of hydrogen-bond acceptors (Lipinski definition) is 8. The van der Waals surface area contributed by atoms with E-state index in [0.29, 0.717) is 12.0 Å². The summed E-state index contributed by atoms with van der Waals surface area (Å²) in [5.74, 6) is -3.02. The summed E-state index contributed by atoms with van der Waals surface area (Å²) in [5, 5.41) is 7.12. The lowest BCUT2D eigenvalue weighted by Crippen LogP contribution is -2.68. The number of alkyl halides is 3. The lowest BCUT2D eigenvalue weighted by atomic mass is 9.83. The minimum absolute atomic E-state index is 0.117. The molecule has 2 aliphatic rings. The van der Waals surface area contributed by atoms with Gasteiger partial charge in [0.05, 0.1) is 17.9 Å². The van der Waals surface area contributed by atoms with E-state index in [-0.39, 0.29) is 43.3 Å². The van der Waals surface area contributed by atoms with Crippen molar-refractivity contribution in [3.05, 3.63) is 48.5 Å². The largest absolute Gasteiger partial charge is 0.490 e. The van der Waals surface area contributed by atoms with Crippen molar-refractivity contribution in [2.75, 3.05) is 25.4 Å². The van der Waals surface area contributed by atoms with Gasteiger partial charge in [0.2, 0.25) is 0 Å². The van der Waals surface area contributed by atoms with Crippen LogP contribution >= 0.6 is 0 Å². The number of carboxylic acids is 1. The van der Waals surface area contributed by atoms with Crippen LogP contribution in [0.1, 0.15) is 16.8 Å². The summed E-state index contributed by atoms with van der Waals surface area (Å²) in [7, 11) is -3.28. The van der Waals surface area contributed by atoms with Crippen molar-refractivity contribution in [2.45, 2.75) is 17.3 Å². The van der Waals surface area contributed by atoms with Crippen LogP contribution in [0.15, 0.2) is 43.0 Å². The fourth-order valence-electron chi connectivity index (χ4n) is 3.66. The Morgan fingerprint density at radius 2 is 1.82 bits per heavy atom. The number of carboxylic acid groups (broad SMARTS) is 1. The summed E-state index contributed by atoms with van der Waals surface area (Å²) in [6.07, 6.45) is 1.66. The van der Waals surface area contributed by atoms with E-state index >= 15 is 0 Å². The molecule has 2 aliphatic heterocycles. The average molecular weight is 488 g/mol. The SMILES string of the molecule is O=C(O)C(F)(F)F.O=C(c1cccnc1)N1CC2(C1)C(COc1ncccn1)CCS2(=O)=O. The Bertz CT molecular complexity index is 1090. The molecule has 0 saturated carbocycles. The number of nitrogens with zero attached hydrogens (tertiary/aromatic N) is 4. The van der Waals surface area contributed by atoms with Crippen LogP contribution in [0.5, 0.6) is 6.01 Å². The molecule has 1 N–H and O–H groups in total. The molecule has 0 bridgehead atoms. The first-order chi connectivity index (χ1) is 15.5. The minimum Gasteiger partial charge on any atom is -0.475 e. The maximum absolute atomic E-state index is 12.7. The van der Waals surface area contributed by atoms with Crippen molar-refractivity contribution in [3.63, 3.8) is 0 Å². The summed E-state index contributed by atoms with van der Waals surface area (Å²) in [6, 6.07) is 5.28. The molecule has 1 atom stereocenters. The van der Waals surface area contributed by atoms with Gasteiger partial charge in [0.25, 0.3) is 5.91 Å². The number of sulfone groups is 1. The van der Waals surface area contributed by atoms with E-state index in [1.54, 1.807) is 41.7 Å². The third kappa shape index (κ3) is 5.21. The van der Waals surface area contributed by atoms with Crippen LogP contribution in [-0.4, -0.2) is 81.6 Å². The number of carbonyl (C=O) groups excluding carboxylic acids is 1. The van der Waals surface area contributed by atoms with Gasteiger partial charge in [-0.2, -0.15) is 13.2 Å². The van der Waals surface area contributed by atoms with Crippen molar-refractivity contribution in [1.82, 2.24) is 19.9 Å². The van der Waals surface area contributed by atoms with Crippen LogP contribution in [0, 0.1) is 5.92 Å². The molecule has 14 heteroatoms. The summed E-state index contributed by atoms with van der Waals surface area (Å²) in [6.45, 7) is 0.595. The molecule has 33 heavy (non-hydrogen) atoms. The molecule has 1 spiro atoms. The van der Waals surface area contributed by atoms with E-state index < -0.39 is 26.7 Å². The van der Waals surface area contributed by atoms with E-state index in [4.69, 9.17) is 14.6 Å². The quantitative estimate of drug-likeness (QED) is 0.673. The second kappa shape index (κ2) is 9.29. The third-order valence-electron chi connectivity index (χ3n) is 5.41. The van der Waals surface area contributed by atoms with E-state index in [9.17, 15) is 26.4 Å². The molecule has 0 radical (unpaired) electrons. The van der Waals surface area contributed by atoms with Crippen molar-refractivity contribution in [1.29, 1.82) is 0 Å². The number of likely N-dealkylation sites (tertiary alicyclic amines) is 1. The van der Waals surface area contributed by atoms with Gasteiger partial charge in [-0.3, -0.25) is 9.78 Å². The summed E-state index contributed by atoms with van der Waals surface area (Å²) >= 11 is 0. The van der Waals surface area contributed by atoms with Crippen LogP contribution in [0.25, 0.3) is 0 Å². The second-order valence-electron chi connectivity index (χ2n) is 7.42. The highest BCUT2D eigenvalue weighted by atomic mass is 32.2. The molecule has 2 fully saturated rings. The molecule has 2 aromatic heterocycles. The van der Waals surface area contributed by atoms with Gasteiger partial charge in [0, 0.05) is 43.8 Å². The van der Waals surface area contributed by atoms with Gasteiger partial charge in [-0.05, 0) is 24.6 Å². The zero-order chi connectivity index (χ0) is 24.3. The normalized spacial score (nSPS) is 20.3. The summed E-state index contributed by atoms with van der Waals surface area (Å²) in [4.78, 5) is 34.9. The van der Waals surface area contributed by atoms with E-state index in [1.807, 2.05) is 0 Å². The Labute approximate surface area is 186 Å². The molecule has 2 saturated heterocycles. The van der Waals surface area contributed by atoms with Crippen LogP contribution < -0.4 is 4.74 Å². The van der Waals surface area contributed by atoms with Gasteiger partial charge in [0.1, 0.15) is 4.75 Å². The highest BCUT2D eigenvalue weighted by Crippen LogP contribution is 2.45. The fourth-order valence-corrected chi connectivity index (χ4v) is 6.06. The van der Waals surface area contributed by atoms with Gasteiger partial charge >= 0.3 is 18.2 Å². The molecule has 178 valence electrons. The zero-order valence-corrected chi connectivity index (χ0v) is 17.8. The molecular formula is C19H19F3N4O6S. The van der Waals surface area contributed by atoms with Crippen LogP contribution in [0.3, 0.4) is 0 Å². The highest BCUT2D eigenvalue weighted by molar-refractivity contribution is 7.93. The minimum atomic E-state index is -5.08. The number of aliphatic carboxylic acids is 1. The number of hydrogen-bond donors (Lipinski definition) is 1. The summed E-state index contributed by atoms with van der Waals surface area (Å²) < 4.78 is 61.7. The molecule has 1 amide bonds. The number of ether oxygens (including phenoxy) is 1. The van der Waals surface area contributed by atoms with Crippen molar-refractivity contribution >= 4 is 21.7 Å². The lowest BCUT2D eigenvalue weighted by Gasteiger charge is -2.49. The predicted molar refractivity (Wildman–Crippen MR) is 106 cm³/mol. The van der Waals surface area contributed by atoms with Crippen molar-refractivity contribution < 1.29 is 41.0 Å². The van der Waals surface area contributed by atoms with E-state index in [2.05, 4.69) is 15.0 Å². The Balaban J connectivity index is 0.000000383. The maximum Gasteiger partial charge on any atom is 0.490 e. The smallest absolute Gasteiger partial charge is 0.475 e. The van der Waals surface area contributed by atoms with Gasteiger partial charge in [0.15, 0.2) is 9.84 Å². The summed E-state index contributed by atoms with van der Waals surface area (Å²) in [5.41, 5.74) is 0.461. The predicted octanol–water partition coefficient (Wildman–Crippen LogP) is 1.21. The molecule has 4 heterocycles. The molecule has 4 rings (SSSR count). The first kappa shape index (κ1) is 24.4. The van der Waals surface area contributed by atoms with Gasteiger partial charge in [-0.15, -0.1) is 0 Å². The number of rotatable bonds is 4. The van der Waals surface area contributed by atoms with Crippen LogP contribution in [-0.2, 0) is 14.6 Å². The van der Waals surface area contributed by atoms with Crippen molar-refractivity contribution in [2.24, 2.45) is 5.92 Å². The highest BCUT2D eigenvalue weighted by Gasteiger charge is 2.62. The van der Waals surface area contributed by atoms with Crippen LogP contribution in [0.2, 0.25) is 0 Å². The molecule has 10 nitrogen and oxygen atoms in total. The number of halogens is 3. The lowest BCUT2D eigenvalue weighted by molar-refractivity contribution is -0.192. The Morgan fingerprint density at radius 1 is 1.18 bits per heavy atom. The number of amides is 1. The standard InChI is InChI=1S/C17H18N4O4S.C2HF3O2/c22-15(13-3-1-5-18-9-13)21-11-17(12-21)14(4-8-26(17,23)24)10-25-16-19-6-2-7-20-16;3-2(4,5)1(6)7/h1-3,5-7,9,14H,4,8,10-12H2;(H,6,7). The van der Waals surface area contributed by atoms with Crippen LogP contribution in [0.4, 0.5) is 13.2 Å². The molecule has 0 aliphatic carbocycles. The Kier molecular flexibility index (Phi) is 6.86. The van der Waals surface area contributed by atoms with E-state index in [1.165, 1.54) is 6.20 Å². The van der Waals surface area contributed by atoms with Gasteiger partial charge < -0.3 is 14.7 Å². The zero-order valence-electron chi connectivity index (χ0n) is 17.0.